The van der Waals surface area contributed by atoms with Crippen molar-refractivity contribution in [3.63, 3.8) is 0 Å². The molecule has 0 aliphatic carbocycles. The number of aryl methyl sites for hydroxylation is 1. The number of Topliss-reactive ketones (excluding diaryl/α,β-unsaturated/α-hetero) is 1. The summed E-state index contributed by atoms with van der Waals surface area (Å²) in [6.07, 6.45) is 2.73. The molecule has 1 heterocycles. The van der Waals surface area contributed by atoms with Crippen LogP contribution in [0.1, 0.15) is 38.7 Å². The van der Waals surface area contributed by atoms with Crippen LogP contribution in [0.25, 0.3) is 0 Å². The zero-order chi connectivity index (χ0) is 25.6. The number of anilines is 1. The van der Waals surface area contributed by atoms with Gasteiger partial charge in [-0.25, -0.2) is 0 Å². The molecule has 0 spiro atoms. The van der Waals surface area contributed by atoms with Crippen molar-refractivity contribution in [3.05, 3.63) is 41.5 Å². The van der Waals surface area contributed by atoms with E-state index in [0.717, 1.165) is 10.5 Å². The summed E-state index contributed by atoms with van der Waals surface area (Å²) >= 11 is 0. The maximum atomic E-state index is 12.1. The number of nitrogens with zero attached hydrogens (tertiary/aromatic N) is 1. The highest BCUT2D eigenvalue weighted by Crippen LogP contribution is 2.12. The smallest absolute Gasteiger partial charge is 0.256 e. The lowest BCUT2D eigenvalue weighted by molar-refractivity contribution is -0.138. The van der Waals surface area contributed by atoms with Crippen LogP contribution in [0.15, 0.2) is 35.9 Å². The number of ketones is 1. The van der Waals surface area contributed by atoms with Gasteiger partial charge in [0.25, 0.3) is 11.8 Å². The summed E-state index contributed by atoms with van der Waals surface area (Å²) in [6.45, 7) is 4.69. The summed E-state index contributed by atoms with van der Waals surface area (Å²) in [6, 6.07) is 7.27. The standard InChI is InChI=1S/C25H33N3O7/c1-18-17-24(32)28(25(18)33)12-14-35-16-15-34-13-10-23(31)27-21-6-3-20(4-7-21)5-8-22(30)26-11-9-19(2)29/h3-4,6-7,17H,5,8-16H2,1-2H3,(H,26,30)(H,27,31). The molecule has 2 rings (SSSR count). The molecule has 1 aromatic rings. The molecule has 1 aromatic carbocycles. The van der Waals surface area contributed by atoms with E-state index in [4.69, 9.17) is 9.47 Å². The monoisotopic (exact) mass is 487 g/mol. The Morgan fingerprint density at radius 3 is 2.20 bits per heavy atom. The van der Waals surface area contributed by atoms with E-state index in [1.807, 2.05) is 12.1 Å². The fourth-order valence-electron chi connectivity index (χ4n) is 3.19. The van der Waals surface area contributed by atoms with Crippen LogP contribution in [0.3, 0.4) is 0 Å². The first-order chi connectivity index (χ1) is 16.8. The van der Waals surface area contributed by atoms with Gasteiger partial charge in [0.15, 0.2) is 0 Å². The Hall–Kier alpha value is -3.37. The molecule has 0 unspecified atom stereocenters. The lowest BCUT2D eigenvalue weighted by atomic mass is 10.1. The van der Waals surface area contributed by atoms with E-state index in [0.29, 0.717) is 50.3 Å². The highest BCUT2D eigenvalue weighted by molar-refractivity contribution is 6.15. The van der Waals surface area contributed by atoms with Crippen LogP contribution in [0.4, 0.5) is 5.69 Å². The molecule has 0 radical (unpaired) electrons. The average molecular weight is 488 g/mol. The van der Waals surface area contributed by atoms with Gasteiger partial charge in [0.1, 0.15) is 5.78 Å². The fourth-order valence-corrected chi connectivity index (χ4v) is 3.19. The third-order valence-corrected chi connectivity index (χ3v) is 5.17. The van der Waals surface area contributed by atoms with E-state index in [9.17, 15) is 24.0 Å². The first kappa shape index (κ1) is 27.9. The third-order valence-electron chi connectivity index (χ3n) is 5.17. The van der Waals surface area contributed by atoms with Gasteiger partial charge in [-0.3, -0.25) is 28.9 Å². The van der Waals surface area contributed by atoms with Gasteiger partial charge in [-0.05, 0) is 38.0 Å². The van der Waals surface area contributed by atoms with E-state index < -0.39 is 0 Å². The van der Waals surface area contributed by atoms with Gasteiger partial charge in [0, 0.05) is 36.7 Å². The predicted octanol–water partition coefficient (Wildman–Crippen LogP) is 1.39. The summed E-state index contributed by atoms with van der Waals surface area (Å²) in [5, 5.41) is 5.50. The number of rotatable bonds is 16. The second-order valence-electron chi connectivity index (χ2n) is 8.14. The van der Waals surface area contributed by atoms with Crippen molar-refractivity contribution in [3.8, 4) is 0 Å². The van der Waals surface area contributed by atoms with Gasteiger partial charge in [0.05, 0.1) is 39.4 Å². The lowest BCUT2D eigenvalue weighted by Crippen LogP contribution is -2.34. The number of nitrogens with one attached hydrogen (secondary N) is 2. The number of carbonyl (C=O) groups excluding carboxylic acids is 5. The number of hydrogen-bond donors (Lipinski definition) is 2. The summed E-state index contributed by atoms with van der Waals surface area (Å²) in [5.41, 5.74) is 2.05. The maximum Gasteiger partial charge on any atom is 0.256 e. The SMILES string of the molecule is CC(=O)CCNC(=O)CCc1ccc(NC(=O)CCOCCOCCN2C(=O)C=C(C)C2=O)cc1. The van der Waals surface area contributed by atoms with Crippen molar-refractivity contribution in [1.82, 2.24) is 10.2 Å². The molecular formula is C25H33N3O7. The Morgan fingerprint density at radius 1 is 0.886 bits per heavy atom. The molecule has 35 heavy (non-hydrogen) atoms. The third kappa shape index (κ3) is 10.6. The van der Waals surface area contributed by atoms with Crippen molar-refractivity contribution >= 4 is 35.1 Å². The first-order valence-corrected chi connectivity index (χ1v) is 11.6. The second-order valence-corrected chi connectivity index (χ2v) is 8.14. The maximum absolute atomic E-state index is 12.1. The molecule has 1 aliphatic rings. The second kappa shape index (κ2) is 14.8. The molecule has 10 heteroatoms. The van der Waals surface area contributed by atoms with Crippen LogP contribution in [0, 0.1) is 0 Å². The molecule has 190 valence electrons. The van der Waals surface area contributed by atoms with E-state index in [1.165, 1.54) is 13.0 Å². The molecule has 0 saturated heterocycles. The molecule has 0 fully saturated rings. The first-order valence-electron chi connectivity index (χ1n) is 11.6. The van der Waals surface area contributed by atoms with Gasteiger partial charge in [-0.2, -0.15) is 0 Å². The molecule has 10 nitrogen and oxygen atoms in total. The van der Waals surface area contributed by atoms with Gasteiger partial charge in [-0.15, -0.1) is 0 Å². The van der Waals surface area contributed by atoms with Crippen LogP contribution < -0.4 is 10.6 Å². The average Bonchev–Trinajstić information content (AvgIpc) is 3.05. The summed E-state index contributed by atoms with van der Waals surface area (Å²) < 4.78 is 10.8. The van der Waals surface area contributed by atoms with Crippen molar-refractivity contribution in [2.45, 2.75) is 39.5 Å². The molecule has 4 amide bonds. The van der Waals surface area contributed by atoms with Crippen LogP contribution >= 0.6 is 0 Å². The van der Waals surface area contributed by atoms with E-state index in [1.54, 1.807) is 19.1 Å². The van der Waals surface area contributed by atoms with Crippen LogP contribution in [0.5, 0.6) is 0 Å². The predicted molar refractivity (Wildman–Crippen MR) is 128 cm³/mol. The number of benzene rings is 1. The summed E-state index contributed by atoms with van der Waals surface area (Å²) in [7, 11) is 0. The van der Waals surface area contributed by atoms with Crippen molar-refractivity contribution in [1.29, 1.82) is 0 Å². The highest BCUT2D eigenvalue weighted by Gasteiger charge is 2.27. The Balaban J connectivity index is 1.51. The molecule has 0 saturated carbocycles. The number of carbonyl (C=O) groups is 5. The van der Waals surface area contributed by atoms with Crippen LogP contribution in [-0.4, -0.2) is 73.8 Å². The van der Waals surface area contributed by atoms with Gasteiger partial charge in [0.2, 0.25) is 11.8 Å². The van der Waals surface area contributed by atoms with E-state index in [2.05, 4.69) is 10.6 Å². The molecule has 0 atom stereocenters. The summed E-state index contributed by atoms with van der Waals surface area (Å²) in [5.74, 6) is -0.854. The number of amides is 4. The van der Waals surface area contributed by atoms with Gasteiger partial charge >= 0.3 is 0 Å². The molecule has 0 aromatic heterocycles. The topological polar surface area (TPSA) is 131 Å². The van der Waals surface area contributed by atoms with Gasteiger partial charge in [-0.1, -0.05) is 12.1 Å². The molecular weight excluding hydrogens is 454 g/mol. The Labute approximate surface area is 205 Å². The molecule has 2 N–H and O–H groups in total. The van der Waals surface area contributed by atoms with Crippen molar-refractivity contribution < 1.29 is 33.4 Å². The largest absolute Gasteiger partial charge is 0.379 e. The van der Waals surface area contributed by atoms with E-state index in [-0.39, 0.29) is 55.6 Å². The minimum atomic E-state index is -0.321. The Bertz CT molecular complexity index is 941. The minimum absolute atomic E-state index is 0.0410. The number of ether oxygens (including phenoxy) is 2. The van der Waals surface area contributed by atoms with Crippen molar-refractivity contribution in [2.24, 2.45) is 0 Å². The van der Waals surface area contributed by atoms with E-state index >= 15 is 0 Å². The molecule has 0 bridgehead atoms. The highest BCUT2D eigenvalue weighted by atomic mass is 16.5. The normalized spacial score (nSPS) is 13.1. The van der Waals surface area contributed by atoms with Crippen LogP contribution in [-0.2, 0) is 39.9 Å². The zero-order valence-electron chi connectivity index (χ0n) is 20.3. The van der Waals surface area contributed by atoms with Crippen LogP contribution in [0.2, 0.25) is 0 Å². The minimum Gasteiger partial charge on any atom is -0.379 e. The lowest BCUT2D eigenvalue weighted by Gasteiger charge is -2.14. The number of hydrogen-bond acceptors (Lipinski definition) is 7. The summed E-state index contributed by atoms with van der Waals surface area (Å²) in [4.78, 5) is 59.2. The fraction of sp³-hybridized carbons (Fsp3) is 0.480. The Morgan fingerprint density at radius 2 is 1.57 bits per heavy atom. The molecule has 1 aliphatic heterocycles. The quantitative estimate of drug-likeness (QED) is 0.266. The van der Waals surface area contributed by atoms with Crippen molar-refractivity contribution in [2.75, 3.05) is 44.8 Å². The number of imide groups is 1. The Kier molecular flexibility index (Phi) is 11.8. The van der Waals surface area contributed by atoms with Gasteiger partial charge < -0.3 is 20.1 Å². The zero-order valence-corrected chi connectivity index (χ0v) is 20.3.